The number of imide groups is 1. The van der Waals surface area contributed by atoms with E-state index in [9.17, 15) is 18.8 Å². The molecule has 0 aromatic heterocycles. The summed E-state index contributed by atoms with van der Waals surface area (Å²) < 4.78 is 19.1. The summed E-state index contributed by atoms with van der Waals surface area (Å²) >= 11 is 0. The van der Waals surface area contributed by atoms with Crippen molar-refractivity contribution in [1.29, 1.82) is 0 Å². The molecular formula is C23H17FN2O5. The van der Waals surface area contributed by atoms with Crippen molar-refractivity contribution in [2.45, 2.75) is 6.61 Å². The Labute approximate surface area is 176 Å². The first-order valence-electron chi connectivity index (χ1n) is 9.38. The van der Waals surface area contributed by atoms with Crippen molar-refractivity contribution in [2.24, 2.45) is 0 Å². The number of carbonyl (C=O) groups excluding carboxylic acids is 2. The monoisotopic (exact) mass is 420 g/mol. The third kappa shape index (κ3) is 4.23. The number of rotatable bonds is 6. The van der Waals surface area contributed by atoms with Gasteiger partial charge in [-0.1, -0.05) is 42.5 Å². The highest BCUT2D eigenvalue weighted by molar-refractivity contribution is 6.15. The van der Waals surface area contributed by atoms with Gasteiger partial charge in [0.2, 0.25) is 0 Å². The first-order chi connectivity index (χ1) is 14.9. The van der Waals surface area contributed by atoms with Crippen LogP contribution >= 0.6 is 0 Å². The van der Waals surface area contributed by atoms with E-state index in [-0.39, 0.29) is 18.1 Å². The van der Waals surface area contributed by atoms with Crippen molar-refractivity contribution in [3.63, 3.8) is 0 Å². The molecule has 3 aromatic carbocycles. The highest BCUT2D eigenvalue weighted by Gasteiger charge is 2.35. The molecule has 3 aromatic rings. The van der Waals surface area contributed by atoms with Gasteiger partial charge in [-0.2, -0.15) is 0 Å². The topological polar surface area (TPSA) is 95.9 Å². The Hall–Kier alpha value is -4.20. The number of carbonyl (C=O) groups is 3. The summed E-state index contributed by atoms with van der Waals surface area (Å²) in [5.41, 5.74) is 1.27. The number of hydrogen-bond donors (Lipinski definition) is 2. The minimum absolute atomic E-state index is 0.0470. The highest BCUT2D eigenvalue weighted by atomic mass is 19.1. The van der Waals surface area contributed by atoms with Gasteiger partial charge in [0.05, 0.1) is 0 Å². The molecule has 0 spiro atoms. The van der Waals surface area contributed by atoms with E-state index >= 15 is 0 Å². The summed E-state index contributed by atoms with van der Waals surface area (Å²) in [7, 11) is 0. The van der Waals surface area contributed by atoms with Crippen LogP contribution in [0.4, 0.5) is 9.18 Å². The number of nitrogens with one attached hydrogen (secondary N) is 1. The molecule has 2 N–H and O–H groups in total. The van der Waals surface area contributed by atoms with E-state index in [2.05, 4.69) is 5.32 Å². The van der Waals surface area contributed by atoms with Crippen LogP contribution in [0.1, 0.15) is 11.1 Å². The molecule has 0 radical (unpaired) electrons. The molecule has 8 heteroatoms. The van der Waals surface area contributed by atoms with Crippen molar-refractivity contribution >= 4 is 34.8 Å². The number of ether oxygens (including phenoxy) is 1. The Balaban J connectivity index is 1.71. The van der Waals surface area contributed by atoms with Gasteiger partial charge in [-0.05, 0) is 40.6 Å². The molecule has 0 bridgehead atoms. The van der Waals surface area contributed by atoms with Crippen LogP contribution in [0.2, 0.25) is 0 Å². The number of aliphatic carboxylic acids is 1. The summed E-state index contributed by atoms with van der Waals surface area (Å²) in [6.07, 6.45) is 1.48. The summed E-state index contributed by atoms with van der Waals surface area (Å²) in [4.78, 5) is 36.2. The Morgan fingerprint density at radius 3 is 2.55 bits per heavy atom. The number of amides is 3. The normalized spacial score (nSPS) is 14.9. The van der Waals surface area contributed by atoms with Crippen LogP contribution in [0, 0.1) is 5.82 Å². The summed E-state index contributed by atoms with van der Waals surface area (Å²) in [5, 5.41) is 13.0. The van der Waals surface area contributed by atoms with Gasteiger partial charge < -0.3 is 15.2 Å². The lowest BCUT2D eigenvalue weighted by Crippen LogP contribution is -2.35. The molecule has 3 amide bonds. The Morgan fingerprint density at radius 2 is 1.81 bits per heavy atom. The van der Waals surface area contributed by atoms with Crippen LogP contribution in [-0.2, 0) is 16.2 Å². The third-order valence-electron chi connectivity index (χ3n) is 4.78. The van der Waals surface area contributed by atoms with E-state index in [0.29, 0.717) is 16.2 Å². The second-order valence-corrected chi connectivity index (χ2v) is 6.89. The first kappa shape index (κ1) is 20.1. The van der Waals surface area contributed by atoms with Crippen molar-refractivity contribution in [1.82, 2.24) is 10.2 Å². The quantitative estimate of drug-likeness (QED) is 0.470. The fourth-order valence-corrected chi connectivity index (χ4v) is 3.29. The molecule has 0 aliphatic carbocycles. The minimum Gasteiger partial charge on any atom is -0.488 e. The van der Waals surface area contributed by atoms with Gasteiger partial charge in [0.15, 0.2) is 0 Å². The SMILES string of the molecule is O=C(O)CN1C(=O)N/C(=C/c2c(OCc3ccc(F)cc3)ccc3ccccc23)C1=O. The molecule has 0 unspecified atom stereocenters. The molecule has 1 fully saturated rings. The van der Waals surface area contributed by atoms with Gasteiger partial charge in [-0.25, -0.2) is 14.1 Å². The molecular weight excluding hydrogens is 403 g/mol. The Morgan fingerprint density at radius 1 is 1.06 bits per heavy atom. The molecule has 1 aliphatic heterocycles. The van der Waals surface area contributed by atoms with E-state index in [1.165, 1.54) is 18.2 Å². The standard InChI is InChI=1S/C23H17FN2O5/c24-16-8-5-14(6-9-16)13-31-20-10-7-15-3-1-2-4-17(15)18(20)11-19-22(29)26(12-21(27)28)23(30)25-19/h1-11H,12-13H2,(H,25,30)(H,27,28)/b19-11+. The van der Waals surface area contributed by atoms with E-state index in [1.807, 2.05) is 30.3 Å². The average Bonchev–Trinajstić information content (AvgIpc) is 3.01. The smallest absolute Gasteiger partial charge is 0.329 e. The fourth-order valence-electron chi connectivity index (χ4n) is 3.29. The molecule has 31 heavy (non-hydrogen) atoms. The Bertz CT molecular complexity index is 1220. The van der Waals surface area contributed by atoms with Crippen LogP contribution in [-0.4, -0.2) is 34.5 Å². The molecule has 1 heterocycles. The summed E-state index contributed by atoms with van der Waals surface area (Å²) in [6.45, 7) is -0.564. The minimum atomic E-state index is -1.29. The van der Waals surface area contributed by atoms with Gasteiger partial charge >= 0.3 is 12.0 Å². The number of benzene rings is 3. The predicted molar refractivity (Wildman–Crippen MR) is 111 cm³/mol. The molecule has 0 saturated carbocycles. The lowest BCUT2D eigenvalue weighted by atomic mass is 10.0. The molecule has 1 saturated heterocycles. The third-order valence-corrected chi connectivity index (χ3v) is 4.78. The number of carboxylic acids is 1. The molecule has 156 valence electrons. The van der Waals surface area contributed by atoms with Gasteiger partial charge in [-0.15, -0.1) is 0 Å². The maximum atomic E-state index is 13.1. The van der Waals surface area contributed by atoms with Crippen LogP contribution < -0.4 is 10.1 Å². The van der Waals surface area contributed by atoms with Crippen LogP contribution in [0.5, 0.6) is 5.75 Å². The zero-order valence-corrected chi connectivity index (χ0v) is 16.2. The molecule has 4 rings (SSSR count). The van der Waals surface area contributed by atoms with E-state index in [1.54, 1.807) is 18.2 Å². The lowest BCUT2D eigenvalue weighted by molar-refractivity contribution is -0.140. The van der Waals surface area contributed by atoms with Crippen molar-refractivity contribution < 1.29 is 28.6 Å². The van der Waals surface area contributed by atoms with E-state index in [4.69, 9.17) is 9.84 Å². The number of nitrogens with zero attached hydrogens (tertiary/aromatic N) is 1. The number of carboxylic acid groups (broad SMARTS) is 1. The van der Waals surface area contributed by atoms with Crippen molar-refractivity contribution in [3.8, 4) is 5.75 Å². The number of hydrogen-bond acceptors (Lipinski definition) is 4. The van der Waals surface area contributed by atoms with Gasteiger partial charge in [0.1, 0.15) is 30.4 Å². The average molecular weight is 420 g/mol. The largest absolute Gasteiger partial charge is 0.488 e. The maximum Gasteiger partial charge on any atom is 0.329 e. The van der Waals surface area contributed by atoms with Crippen LogP contribution in [0.15, 0.2) is 66.4 Å². The lowest BCUT2D eigenvalue weighted by Gasteiger charge is -2.13. The first-order valence-corrected chi connectivity index (χ1v) is 9.38. The van der Waals surface area contributed by atoms with Crippen molar-refractivity contribution in [2.75, 3.05) is 6.54 Å². The number of urea groups is 1. The fraction of sp³-hybridized carbons (Fsp3) is 0.0870. The zero-order valence-electron chi connectivity index (χ0n) is 16.2. The molecule has 1 aliphatic rings. The molecule has 0 atom stereocenters. The summed E-state index contributed by atoms with van der Waals surface area (Å²) in [5.74, 6) is -1.92. The second-order valence-electron chi connectivity index (χ2n) is 6.89. The molecule has 7 nitrogen and oxygen atoms in total. The maximum absolute atomic E-state index is 13.1. The predicted octanol–water partition coefficient (Wildman–Crippen LogP) is 3.54. The van der Waals surface area contributed by atoms with E-state index < -0.39 is 24.5 Å². The van der Waals surface area contributed by atoms with Crippen LogP contribution in [0.3, 0.4) is 0 Å². The second kappa shape index (κ2) is 8.27. The summed E-state index contributed by atoms with van der Waals surface area (Å²) in [6, 6.07) is 16.2. The van der Waals surface area contributed by atoms with Gasteiger partial charge in [0.25, 0.3) is 5.91 Å². The van der Waals surface area contributed by atoms with Crippen LogP contribution in [0.25, 0.3) is 16.8 Å². The number of fused-ring (bicyclic) bond motifs is 1. The van der Waals surface area contributed by atoms with Crippen molar-refractivity contribution in [3.05, 3.63) is 83.3 Å². The highest BCUT2D eigenvalue weighted by Crippen LogP contribution is 2.31. The number of halogens is 1. The van der Waals surface area contributed by atoms with Gasteiger partial charge in [0, 0.05) is 5.56 Å². The Kier molecular flexibility index (Phi) is 5.36. The zero-order chi connectivity index (χ0) is 22.0. The van der Waals surface area contributed by atoms with Gasteiger partial charge in [-0.3, -0.25) is 9.59 Å². The van der Waals surface area contributed by atoms with E-state index in [0.717, 1.165) is 16.3 Å².